The summed E-state index contributed by atoms with van der Waals surface area (Å²) in [6.07, 6.45) is 0.0849. The van der Waals surface area contributed by atoms with Crippen molar-refractivity contribution in [2.75, 3.05) is 27.4 Å². The lowest BCUT2D eigenvalue weighted by Gasteiger charge is -2.26. The Kier molecular flexibility index (Phi) is 7.44. The number of hydrogen-bond acceptors (Lipinski definition) is 5. The fraction of sp³-hybridized carbons (Fsp3) is 1.00. The Hall–Kier alpha value is 0.0700. The van der Waals surface area contributed by atoms with E-state index in [1.807, 2.05) is 0 Å². The molecule has 6 heteroatoms. The molecule has 0 amide bonds. The Morgan fingerprint density at radius 2 is 1.81 bits per heavy atom. The lowest BCUT2D eigenvalue weighted by Crippen LogP contribution is -2.40. The standard InChI is InChI=1S/C10H24NO4P/c1-8(2)6-9(11-3)10(12)7-16(13,14-4)15-5/h8-12H,6-7H2,1-5H3/t9-,10-/m0/s1. The zero-order valence-corrected chi connectivity index (χ0v) is 11.7. The van der Waals surface area contributed by atoms with Gasteiger partial charge in [-0.25, -0.2) is 0 Å². The van der Waals surface area contributed by atoms with Gasteiger partial charge >= 0.3 is 7.60 Å². The largest absolute Gasteiger partial charge is 0.391 e. The lowest BCUT2D eigenvalue weighted by molar-refractivity contribution is 0.130. The monoisotopic (exact) mass is 253 g/mol. The van der Waals surface area contributed by atoms with Crippen molar-refractivity contribution < 1.29 is 18.7 Å². The van der Waals surface area contributed by atoms with Crippen LogP contribution in [0, 0.1) is 5.92 Å². The number of aliphatic hydroxyl groups is 1. The van der Waals surface area contributed by atoms with Crippen molar-refractivity contribution in [3.63, 3.8) is 0 Å². The van der Waals surface area contributed by atoms with E-state index in [1.54, 1.807) is 7.05 Å². The highest BCUT2D eigenvalue weighted by Gasteiger charge is 2.30. The van der Waals surface area contributed by atoms with E-state index in [1.165, 1.54) is 14.2 Å². The summed E-state index contributed by atoms with van der Waals surface area (Å²) >= 11 is 0. The molecule has 2 N–H and O–H groups in total. The Bertz CT molecular complexity index is 227. The first kappa shape index (κ1) is 16.1. The second kappa shape index (κ2) is 7.41. The van der Waals surface area contributed by atoms with Gasteiger partial charge in [0.1, 0.15) is 0 Å². The van der Waals surface area contributed by atoms with Crippen molar-refractivity contribution in [2.24, 2.45) is 5.92 Å². The molecule has 0 radical (unpaired) electrons. The van der Waals surface area contributed by atoms with Crippen molar-refractivity contribution in [3.05, 3.63) is 0 Å². The summed E-state index contributed by atoms with van der Waals surface area (Å²) in [5, 5.41) is 13.0. The van der Waals surface area contributed by atoms with Crippen molar-refractivity contribution in [1.29, 1.82) is 0 Å². The predicted octanol–water partition coefficient (Wildman–Crippen LogP) is 1.47. The van der Waals surface area contributed by atoms with E-state index in [2.05, 4.69) is 19.2 Å². The topological polar surface area (TPSA) is 67.8 Å². The molecule has 98 valence electrons. The van der Waals surface area contributed by atoms with Crippen molar-refractivity contribution in [1.82, 2.24) is 5.32 Å². The molecule has 2 atom stereocenters. The predicted molar refractivity (Wildman–Crippen MR) is 64.8 cm³/mol. The van der Waals surface area contributed by atoms with Gasteiger partial charge in [-0.3, -0.25) is 4.57 Å². The smallest absolute Gasteiger partial charge is 0.332 e. The zero-order chi connectivity index (χ0) is 12.8. The highest BCUT2D eigenvalue weighted by molar-refractivity contribution is 7.53. The maximum atomic E-state index is 11.8. The number of rotatable bonds is 8. The molecule has 0 saturated heterocycles. The van der Waals surface area contributed by atoms with E-state index in [0.29, 0.717) is 5.92 Å². The Balaban J connectivity index is 4.40. The first-order chi connectivity index (χ1) is 7.38. The quantitative estimate of drug-likeness (QED) is 0.641. The maximum Gasteiger partial charge on any atom is 0.332 e. The van der Waals surface area contributed by atoms with Crippen molar-refractivity contribution >= 4 is 7.60 Å². The van der Waals surface area contributed by atoms with Gasteiger partial charge in [-0.1, -0.05) is 13.8 Å². The van der Waals surface area contributed by atoms with E-state index in [0.717, 1.165) is 6.42 Å². The van der Waals surface area contributed by atoms with E-state index >= 15 is 0 Å². The van der Waals surface area contributed by atoms with Gasteiger partial charge in [0.2, 0.25) is 0 Å². The van der Waals surface area contributed by atoms with Gasteiger partial charge in [0, 0.05) is 20.3 Å². The normalized spacial score (nSPS) is 16.4. The maximum absolute atomic E-state index is 11.8. The molecular weight excluding hydrogens is 229 g/mol. The van der Waals surface area contributed by atoms with Crippen molar-refractivity contribution in [2.45, 2.75) is 32.4 Å². The summed E-state index contributed by atoms with van der Waals surface area (Å²) in [5.74, 6) is 0.455. The van der Waals surface area contributed by atoms with Crippen LogP contribution >= 0.6 is 7.60 Å². The highest BCUT2D eigenvalue weighted by atomic mass is 31.2. The second-order valence-electron chi connectivity index (χ2n) is 4.25. The molecule has 0 spiro atoms. The number of likely N-dealkylation sites (N-methyl/N-ethyl adjacent to an activating group) is 1. The number of aliphatic hydroxyl groups excluding tert-OH is 1. The lowest BCUT2D eigenvalue weighted by atomic mass is 10.0. The van der Waals surface area contributed by atoms with Gasteiger partial charge < -0.3 is 19.5 Å². The van der Waals surface area contributed by atoms with Crippen LogP contribution in [-0.2, 0) is 13.6 Å². The molecule has 0 aliphatic rings. The minimum absolute atomic E-state index is 0.0121. The molecule has 0 aliphatic carbocycles. The average Bonchev–Trinajstić information content (AvgIpc) is 2.25. The summed E-state index contributed by atoms with van der Waals surface area (Å²) in [6, 6.07) is -0.0985. The molecular formula is C10H24NO4P. The van der Waals surface area contributed by atoms with Gasteiger partial charge in [-0.2, -0.15) is 0 Å². The molecule has 0 bridgehead atoms. The minimum atomic E-state index is -3.14. The second-order valence-corrected chi connectivity index (χ2v) is 6.57. The SMILES string of the molecule is CN[C@@H](CC(C)C)[C@@H](O)CP(=O)(OC)OC. The van der Waals surface area contributed by atoms with E-state index < -0.39 is 13.7 Å². The Morgan fingerprint density at radius 3 is 2.12 bits per heavy atom. The zero-order valence-electron chi connectivity index (χ0n) is 10.8. The third-order valence-electron chi connectivity index (χ3n) is 2.53. The third-order valence-corrected chi connectivity index (χ3v) is 4.46. The van der Waals surface area contributed by atoms with Gasteiger partial charge in [0.15, 0.2) is 0 Å². The van der Waals surface area contributed by atoms with Gasteiger partial charge in [0.05, 0.1) is 12.3 Å². The van der Waals surface area contributed by atoms with E-state index in [-0.39, 0.29) is 12.2 Å². The van der Waals surface area contributed by atoms with Crippen LogP contribution < -0.4 is 5.32 Å². The van der Waals surface area contributed by atoms with Crippen LogP contribution in [0.5, 0.6) is 0 Å². The molecule has 0 heterocycles. The van der Waals surface area contributed by atoms with Crippen LogP contribution in [0.25, 0.3) is 0 Å². The van der Waals surface area contributed by atoms with E-state index in [4.69, 9.17) is 9.05 Å². The molecule has 0 unspecified atom stereocenters. The van der Waals surface area contributed by atoms with Crippen LogP contribution in [0.4, 0.5) is 0 Å². The van der Waals surface area contributed by atoms with E-state index in [9.17, 15) is 9.67 Å². The number of nitrogens with one attached hydrogen (secondary N) is 1. The van der Waals surface area contributed by atoms with Crippen LogP contribution in [0.3, 0.4) is 0 Å². The fourth-order valence-corrected chi connectivity index (χ4v) is 2.72. The number of hydrogen-bond donors (Lipinski definition) is 2. The Morgan fingerprint density at radius 1 is 1.31 bits per heavy atom. The Labute approximate surface area is 98.1 Å². The van der Waals surface area contributed by atoms with Crippen LogP contribution in [-0.4, -0.2) is 44.7 Å². The first-order valence-electron chi connectivity index (χ1n) is 5.44. The van der Waals surface area contributed by atoms with Gasteiger partial charge in [0.25, 0.3) is 0 Å². The van der Waals surface area contributed by atoms with Gasteiger partial charge in [-0.05, 0) is 19.4 Å². The summed E-state index contributed by atoms with van der Waals surface area (Å²) in [6.45, 7) is 4.15. The van der Waals surface area contributed by atoms with Crippen LogP contribution in [0.15, 0.2) is 0 Å². The molecule has 0 aromatic rings. The highest BCUT2D eigenvalue weighted by Crippen LogP contribution is 2.47. The molecule has 0 fully saturated rings. The molecule has 16 heavy (non-hydrogen) atoms. The van der Waals surface area contributed by atoms with Crippen molar-refractivity contribution in [3.8, 4) is 0 Å². The average molecular weight is 253 g/mol. The van der Waals surface area contributed by atoms with Crippen LogP contribution in [0.1, 0.15) is 20.3 Å². The summed E-state index contributed by atoms with van der Waals surface area (Å²) in [7, 11) is 1.30. The molecule has 5 nitrogen and oxygen atoms in total. The first-order valence-corrected chi connectivity index (χ1v) is 7.17. The van der Waals surface area contributed by atoms with Gasteiger partial charge in [-0.15, -0.1) is 0 Å². The molecule has 0 aromatic carbocycles. The third kappa shape index (κ3) is 5.41. The molecule has 0 aromatic heterocycles. The summed E-state index contributed by atoms with van der Waals surface area (Å²) in [4.78, 5) is 0. The summed E-state index contributed by atoms with van der Waals surface area (Å²) < 4.78 is 21.4. The molecule has 0 aliphatic heterocycles. The van der Waals surface area contributed by atoms with Crippen LogP contribution in [0.2, 0.25) is 0 Å². The minimum Gasteiger partial charge on any atom is -0.391 e. The molecule has 0 saturated carbocycles. The fourth-order valence-electron chi connectivity index (χ4n) is 1.56. The molecule has 0 rings (SSSR count). The summed E-state index contributed by atoms with van der Waals surface area (Å²) in [5.41, 5.74) is 0.